The predicted octanol–water partition coefficient (Wildman–Crippen LogP) is 3.63. The summed E-state index contributed by atoms with van der Waals surface area (Å²) >= 11 is 0. The van der Waals surface area contributed by atoms with Crippen molar-refractivity contribution in [2.45, 2.75) is 45.6 Å². The molecule has 7 nitrogen and oxygen atoms in total. The molecule has 0 radical (unpaired) electrons. The number of aromatic nitrogens is 3. The number of quaternary nitrogens is 1. The summed E-state index contributed by atoms with van der Waals surface area (Å²) in [6.45, 7) is 10.8. The van der Waals surface area contributed by atoms with Gasteiger partial charge in [-0.1, -0.05) is 39.0 Å². The summed E-state index contributed by atoms with van der Waals surface area (Å²) in [6, 6.07) is 12.8. The Labute approximate surface area is 190 Å². The Morgan fingerprint density at radius 1 is 1.12 bits per heavy atom. The molecule has 3 aromatic rings. The van der Waals surface area contributed by atoms with Gasteiger partial charge in [0.05, 0.1) is 40.2 Å². The number of carbonyl (C=O) groups excluding carboxylic acids is 1. The van der Waals surface area contributed by atoms with E-state index in [0.29, 0.717) is 6.54 Å². The molecular formula is C25H36N5O2+. The molecule has 7 heteroatoms. The molecule has 1 unspecified atom stereocenters. The summed E-state index contributed by atoms with van der Waals surface area (Å²) in [5.41, 5.74) is 3.06. The topological polar surface area (TPSA) is 80.0 Å². The highest BCUT2D eigenvalue weighted by Crippen LogP contribution is 2.34. The van der Waals surface area contributed by atoms with Gasteiger partial charge in [-0.3, -0.25) is 4.79 Å². The molecule has 3 rings (SSSR count). The molecule has 2 aromatic carbocycles. The highest BCUT2D eigenvalue weighted by Gasteiger charge is 2.25. The molecule has 0 saturated carbocycles. The van der Waals surface area contributed by atoms with Crippen LogP contribution in [0.4, 0.5) is 0 Å². The zero-order valence-corrected chi connectivity index (χ0v) is 20.1. The van der Waals surface area contributed by atoms with Crippen molar-refractivity contribution in [1.82, 2.24) is 20.3 Å². The van der Waals surface area contributed by atoms with E-state index in [9.17, 15) is 9.90 Å². The van der Waals surface area contributed by atoms with Crippen LogP contribution in [-0.2, 0) is 10.2 Å². The van der Waals surface area contributed by atoms with E-state index in [1.54, 1.807) is 10.9 Å². The normalized spacial score (nSPS) is 13.3. The van der Waals surface area contributed by atoms with Crippen molar-refractivity contribution in [2.75, 3.05) is 33.7 Å². The molecule has 0 aliphatic rings. The average Bonchev–Trinajstić information content (AvgIpc) is 3.15. The number of rotatable bonds is 8. The maximum absolute atomic E-state index is 12.9. The molecule has 2 N–H and O–H groups in total. The zero-order valence-electron chi connectivity index (χ0n) is 20.1. The van der Waals surface area contributed by atoms with Gasteiger partial charge in [-0.2, -0.15) is 15.0 Å². The second-order valence-corrected chi connectivity index (χ2v) is 10.1. The number of benzene rings is 2. The molecule has 172 valence electrons. The number of nitrogens with zero attached hydrogens (tertiary/aromatic N) is 4. The third-order valence-electron chi connectivity index (χ3n) is 6.07. The van der Waals surface area contributed by atoms with Gasteiger partial charge in [-0.15, -0.1) is 0 Å². The van der Waals surface area contributed by atoms with Crippen LogP contribution < -0.4 is 5.32 Å². The molecule has 32 heavy (non-hydrogen) atoms. The lowest BCUT2D eigenvalue weighted by Crippen LogP contribution is -2.45. The van der Waals surface area contributed by atoms with Crippen LogP contribution >= 0.6 is 0 Å². The number of nitrogens with one attached hydrogen (secondary N) is 1. The fraction of sp³-hybridized carbons (Fsp3) is 0.480. The van der Waals surface area contributed by atoms with Gasteiger partial charge in [0, 0.05) is 0 Å². The van der Waals surface area contributed by atoms with E-state index >= 15 is 0 Å². The lowest BCUT2D eigenvalue weighted by atomic mass is 9.84. The number of carbonyl (C=O) groups is 1. The lowest BCUT2D eigenvalue weighted by Gasteiger charge is -2.28. The molecule has 0 fully saturated rings. The summed E-state index contributed by atoms with van der Waals surface area (Å²) in [6.07, 6.45) is 0.217. The second-order valence-electron chi connectivity index (χ2n) is 10.1. The van der Waals surface area contributed by atoms with Crippen LogP contribution in [-0.4, -0.2) is 64.2 Å². The number of hydrogen-bond donors (Lipinski definition) is 2. The van der Waals surface area contributed by atoms with Gasteiger partial charge in [0.25, 0.3) is 0 Å². The first-order valence-corrected chi connectivity index (χ1v) is 11.2. The van der Waals surface area contributed by atoms with Crippen molar-refractivity contribution in [3.8, 4) is 5.75 Å². The molecule has 0 aliphatic heterocycles. The highest BCUT2D eigenvalue weighted by atomic mass is 16.3. The van der Waals surface area contributed by atoms with Gasteiger partial charge in [0.2, 0.25) is 5.91 Å². The monoisotopic (exact) mass is 438 g/mol. The van der Waals surface area contributed by atoms with E-state index in [4.69, 9.17) is 0 Å². The third-order valence-corrected chi connectivity index (χ3v) is 6.07. The molecule has 1 amide bonds. The van der Waals surface area contributed by atoms with Crippen LogP contribution in [0.15, 0.2) is 42.5 Å². The third kappa shape index (κ3) is 5.65. The fourth-order valence-electron chi connectivity index (χ4n) is 3.61. The predicted molar refractivity (Wildman–Crippen MR) is 128 cm³/mol. The minimum Gasteiger partial charge on any atom is -0.508 e. The number of hydrogen-bond acceptors (Lipinski definition) is 4. The highest BCUT2D eigenvalue weighted by molar-refractivity contribution is 5.77. The van der Waals surface area contributed by atoms with Gasteiger partial charge < -0.3 is 14.9 Å². The summed E-state index contributed by atoms with van der Waals surface area (Å²) < 4.78 is 0.850. The van der Waals surface area contributed by atoms with Crippen LogP contribution in [0.1, 0.15) is 51.3 Å². The van der Waals surface area contributed by atoms with E-state index in [0.717, 1.165) is 39.7 Å². The SMILES string of the molecule is CC[N+](C)(C)CCNC(=O)CC(c1ccc(O)c(C(C)(C)C)c1)n1nc2ccccc2n1. The Hall–Kier alpha value is -2.93. The number of phenolic OH excluding ortho intramolecular Hbond substituents is 1. The van der Waals surface area contributed by atoms with Crippen LogP contribution in [0, 0.1) is 0 Å². The van der Waals surface area contributed by atoms with Crippen molar-refractivity contribution < 1.29 is 14.4 Å². The molecular weight excluding hydrogens is 402 g/mol. The summed E-state index contributed by atoms with van der Waals surface area (Å²) in [5, 5.41) is 22.8. The van der Waals surface area contributed by atoms with Gasteiger partial charge >= 0.3 is 0 Å². The number of amides is 1. The largest absolute Gasteiger partial charge is 0.508 e. The zero-order chi connectivity index (χ0) is 23.5. The molecule has 1 atom stereocenters. The number of aromatic hydroxyl groups is 1. The van der Waals surface area contributed by atoms with Crippen molar-refractivity contribution in [2.24, 2.45) is 0 Å². The maximum atomic E-state index is 12.9. The summed E-state index contributed by atoms with van der Waals surface area (Å²) in [5.74, 6) is 0.209. The molecule has 1 heterocycles. The van der Waals surface area contributed by atoms with Crippen molar-refractivity contribution in [3.63, 3.8) is 0 Å². The van der Waals surface area contributed by atoms with Gasteiger partial charge in [-0.05, 0) is 47.7 Å². The summed E-state index contributed by atoms with van der Waals surface area (Å²) in [4.78, 5) is 14.5. The standard InChI is InChI=1S/C25H35N5O2/c1-7-30(5,6)15-14-26-24(32)17-22(29-27-20-10-8-9-11-21(20)28-29)18-12-13-23(31)19(16-18)25(2,3)4/h8-13,16,22H,7,14-15,17H2,1-6H3,(H-,26,31,32)/p+1. The maximum Gasteiger partial charge on any atom is 0.222 e. The van der Waals surface area contributed by atoms with Crippen molar-refractivity contribution in [3.05, 3.63) is 53.6 Å². The first-order chi connectivity index (χ1) is 15.0. The second kappa shape index (κ2) is 9.28. The molecule has 0 saturated heterocycles. The van der Waals surface area contributed by atoms with Gasteiger partial charge in [0.15, 0.2) is 0 Å². The van der Waals surface area contributed by atoms with Crippen LogP contribution in [0.25, 0.3) is 11.0 Å². The quantitative estimate of drug-likeness (QED) is 0.527. The van der Waals surface area contributed by atoms with Gasteiger partial charge in [-0.25, -0.2) is 0 Å². The average molecular weight is 439 g/mol. The van der Waals surface area contributed by atoms with Crippen LogP contribution in [0.5, 0.6) is 5.75 Å². The Morgan fingerprint density at radius 2 is 1.75 bits per heavy atom. The van der Waals surface area contributed by atoms with E-state index in [1.165, 1.54) is 0 Å². The minimum atomic E-state index is -0.377. The Morgan fingerprint density at radius 3 is 2.31 bits per heavy atom. The lowest BCUT2D eigenvalue weighted by molar-refractivity contribution is -0.887. The first kappa shape index (κ1) is 23.7. The van der Waals surface area contributed by atoms with E-state index in [1.807, 2.05) is 36.4 Å². The van der Waals surface area contributed by atoms with E-state index < -0.39 is 0 Å². The van der Waals surface area contributed by atoms with Crippen LogP contribution in [0.2, 0.25) is 0 Å². The Kier molecular flexibility index (Phi) is 6.88. The van der Waals surface area contributed by atoms with E-state index in [2.05, 4.69) is 57.3 Å². The van der Waals surface area contributed by atoms with Crippen molar-refractivity contribution >= 4 is 16.9 Å². The van der Waals surface area contributed by atoms with Gasteiger partial charge in [0.1, 0.15) is 22.8 Å². The number of fused-ring (bicyclic) bond motifs is 1. The Bertz CT molecular complexity index is 1050. The van der Waals surface area contributed by atoms with Crippen molar-refractivity contribution in [1.29, 1.82) is 0 Å². The molecule has 0 bridgehead atoms. The Balaban J connectivity index is 1.91. The van der Waals surface area contributed by atoms with Crippen LogP contribution in [0.3, 0.4) is 0 Å². The summed E-state index contributed by atoms with van der Waals surface area (Å²) in [7, 11) is 4.30. The fourth-order valence-corrected chi connectivity index (χ4v) is 3.61. The molecule has 0 aliphatic carbocycles. The smallest absolute Gasteiger partial charge is 0.222 e. The molecule has 1 aromatic heterocycles. The first-order valence-electron chi connectivity index (χ1n) is 11.2. The minimum absolute atomic E-state index is 0.0437. The number of likely N-dealkylation sites (N-methyl/N-ethyl adjacent to an activating group) is 1. The molecule has 0 spiro atoms. The van der Waals surface area contributed by atoms with E-state index in [-0.39, 0.29) is 29.5 Å². The number of phenols is 1.